The molecule has 2 atom stereocenters. The number of nitrogens with zero attached hydrogens (tertiary/aromatic N) is 2. The molecule has 251 valence electrons. The Morgan fingerprint density at radius 2 is 1.70 bits per heavy atom. The molecule has 0 spiro atoms. The van der Waals surface area contributed by atoms with Crippen molar-refractivity contribution in [3.8, 4) is 0 Å². The molecular weight excluding hydrogens is 613 g/mol. The quantitative estimate of drug-likeness (QED) is 0.369. The normalized spacial score (nSPS) is 26.7. The predicted molar refractivity (Wildman–Crippen MR) is 172 cm³/mol. The van der Waals surface area contributed by atoms with E-state index in [0.29, 0.717) is 41.9 Å². The number of hydrogen-bond donors (Lipinski definition) is 3. The van der Waals surface area contributed by atoms with Crippen molar-refractivity contribution in [1.82, 2.24) is 18.9 Å². The van der Waals surface area contributed by atoms with E-state index >= 15 is 0 Å². The third-order valence-corrected chi connectivity index (χ3v) is 11.9. The summed E-state index contributed by atoms with van der Waals surface area (Å²) in [5.41, 5.74) is 1.23. The summed E-state index contributed by atoms with van der Waals surface area (Å²) in [5, 5.41) is 3.70. The highest BCUT2D eigenvalue weighted by Crippen LogP contribution is 2.41. The van der Waals surface area contributed by atoms with Crippen molar-refractivity contribution in [2.45, 2.75) is 70.3 Å². The number of rotatable bonds is 9. The fourth-order valence-corrected chi connectivity index (χ4v) is 9.09. The van der Waals surface area contributed by atoms with Crippen LogP contribution in [-0.4, -0.2) is 85.9 Å². The van der Waals surface area contributed by atoms with Crippen molar-refractivity contribution in [3.63, 3.8) is 0 Å². The van der Waals surface area contributed by atoms with E-state index < -0.39 is 28.8 Å². The molecule has 1 radical (unpaired) electrons. The van der Waals surface area contributed by atoms with Gasteiger partial charge in [0.15, 0.2) is 0 Å². The predicted octanol–water partition coefficient (Wildman–Crippen LogP) is 4.19. The molecule has 46 heavy (non-hydrogen) atoms. The van der Waals surface area contributed by atoms with Crippen molar-refractivity contribution in [2.24, 2.45) is 23.7 Å². The third kappa shape index (κ3) is 7.26. The molecule has 6 rings (SSSR count). The van der Waals surface area contributed by atoms with Crippen LogP contribution in [0.25, 0.3) is 10.9 Å². The topological polar surface area (TPSA) is 141 Å². The minimum atomic E-state index is -4.01. The highest BCUT2D eigenvalue weighted by molar-refractivity contribution is 7.87. The Kier molecular flexibility index (Phi) is 10.3. The first-order chi connectivity index (χ1) is 22.2. The molecule has 3 amide bonds. The van der Waals surface area contributed by atoms with E-state index in [0.717, 1.165) is 44.9 Å². The van der Waals surface area contributed by atoms with Gasteiger partial charge in [0, 0.05) is 42.1 Å². The van der Waals surface area contributed by atoms with Gasteiger partial charge in [0.1, 0.15) is 11.7 Å². The number of carbonyl (C=O) groups excluding carboxylic acids is 3. The molecule has 2 aliphatic carbocycles. The van der Waals surface area contributed by atoms with Crippen LogP contribution in [0.5, 0.6) is 0 Å². The minimum absolute atomic E-state index is 0.0425. The third-order valence-electron chi connectivity index (χ3n) is 10.5. The molecule has 2 saturated carbocycles. The standard InChI is InChI=1S/C33H45FN5O6S/c34-14-12-22-6-8-24(9-7-22)33(42)39-15-13-27(23-4-2-1-3-5-23)30(39)32(41)35-26-10-11-28-25(20-26)21-29(36-28)31(40)37-46(43,44)38-16-18-45-19-17-38/h10-12,20-24,27,30,36H,1-9,13-19H2,(H,35,41)(H,37,40)/t22?,24?,27-,30-/m0/s1. The highest BCUT2D eigenvalue weighted by Gasteiger charge is 2.46. The molecule has 2 aromatic rings. The van der Waals surface area contributed by atoms with E-state index in [9.17, 15) is 27.2 Å². The zero-order valence-corrected chi connectivity index (χ0v) is 27.0. The number of carbonyl (C=O) groups is 3. The Morgan fingerprint density at radius 3 is 2.41 bits per heavy atom. The van der Waals surface area contributed by atoms with Crippen LogP contribution in [0.2, 0.25) is 0 Å². The molecule has 1 aromatic carbocycles. The van der Waals surface area contributed by atoms with Gasteiger partial charge in [0.05, 0.1) is 19.9 Å². The second-order valence-corrected chi connectivity index (χ2v) is 14.9. The lowest BCUT2D eigenvalue weighted by molar-refractivity contribution is -0.142. The van der Waals surface area contributed by atoms with Crippen LogP contribution >= 0.6 is 0 Å². The van der Waals surface area contributed by atoms with Gasteiger partial charge in [-0.2, -0.15) is 12.7 Å². The number of morpholine rings is 1. The van der Waals surface area contributed by atoms with E-state index in [1.165, 1.54) is 10.7 Å². The van der Waals surface area contributed by atoms with Crippen molar-refractivity contribution in [3.05, 3.63) is 36.4 Å². The van der Waals surface area contributed by atoms with E-state index in [2.05, 4.69) is 15.0 Å². The number of aromatic nitrogens is 1. The van der Waals surface area contributed by atoms with Gasteiger partial charge >= 0.3 is 10.2 Å². The van der Waals surface area contributed by atoms with Crippen LogP contribution in [0.4, 0.5) is 10.1 Å². The number of alkyl halides is 1. The van der Waals surface area contributed by atoms with E-state index in [1.54, 1.807) is 30.7 Å². The van der Waals surface area contributed by atoms with Gasteiger partial charge in [-0.05, 0) is 80.5 Å². The van der Waals surface area contributed by atoms with E-state index in [1.807, 2.05) is 4.90 Å². The number of amides is 3. The maximum Gasteiger partial charge on any atom is 0.304 e. The van der Waals surface area contributed by atoms with E-state index in [4.69, 9.17) is 4.74 Å². The van der Waals surface area contributed by atoms with Crippen molar-refractivity contribution < 1.29 is 31.9 Å². The lowest BCUT2D eigenvalue weighted by atomic mass is 9.76. The second kappa shape index (κ2) is 14.4. The molecule has 3 N–H and O–H groups in total. The molecule has 11 nitrogen and oxygen atoms in total. The summed E-state index contributed by atoms with van der Waals surface area (Å²) in [6.07, 6.45) is 11.2. The molecule has 4 aliphatic rings. The molecule has 0 bridgehead atoms. The summed E-state index contributed by atoms with van der Waals surface area (Å²) in [6, 6.07) is 6.22. The SMILES string of the molecule is O=C(NS(=O)(=O)N1CCOCC1)c1cc2cc(NC(=O)[C@@H]3[C@H](C4CCCCC4)CCN3C(=O)C3CCC([CH]CF)CC3)ccc2[nH]1. The Hall–Kier alpha value is -3.03. The number of H-pyrrole nitrogens is 1. The first-order valence-corrected chi connectivity index (χ1v) is 18.2. The lowest BCUT2D eigenvalue weighted by Gasteiger charge is -2.36. The van der Waals surface area contributed by atoms with Crippen LogP contribution in [0.15, 0.2) is 24.3 Å². The van der Waals surface area contributed by atoms with Crippen LogP contribution in [-0.2, 0) is 24.5 Å². The van der Waals surface area contributed by atoms with Crippen molar-refractivity contribution >= 4 is 44.5 Å². The van der Waals surface area contributed by atoms with Crippen molar-refractivity contribution in [2.75, 3.05) is 44.8 Å². The second-order valence-electron chi connectivity index (χ2n) is 13.3. The van der Waals surface area contributed by atoms with Gasteiger partial charge in [-0.25, -0.2) is 4.72 Å². The van der Waals surface area contributed by atoms with Gasteiger partial charge in [0.2, 0.25) is 11.8 Å². The Labute approximate surface area is 270 Å². The van der Waals surface area contributed by atoms with Gasteiger partial charge in [0.25, 0.3) is 5.91 Å². The summed E-state index contributed by atoms with van der Waals surface area (Å²) < 4.78 is 46.7. The average Bonchev–Trinajstić information content (AvgIpc) is 3.71. The highest BCUT2D eigenvalue weighted by atomic mass is 32.2. The number of aromatic amines is 1. The average molecular weight is 659 g/mol. The van der Waals surface area contributed by atoms with Crippen molar-refractivity contribution in [1.29, 1.82) is 0 Å². The molecule has 3 heterocycles. The number of hydrogen-bond acceptors (Lipinski definition) is 6. The number of likely N-dealkylation sites (tertiary alicyclic amines) is 1. The number of anilines is 1. The fraction of sp³-hybridized carbons (Fsp3) is 0.636. The molecule has 4 fully saturated rings. The first kappa shape index (κ1) is 32.9. The summed E-state index contributed by atoms with van der Waals surface area (Å²) in [6.45, 7) is 1.00. The summed E-state index contributed by atoms with van der Waals surface area (Å²) in [4.78, 5) is 45.6. The Morgan fingerprint density at radius 1 is 0.957 bits per heavy atom. The van der Waals surface area contributed by atoms with Gasteiger partial charge < -0.3 is 19.9 Å². The van der Waals surface area contributed by atoms with Crippen LogP contribution in [0.3, 0.4) is 0 Å². The number of ether oxygens (including phenoxy) is 1. The van der Waals surface area contributed by atoms with Crippen LogP contribution in [0.1, 0.15) is 74.7 Å². The summed E-state index contributed by atoms with van der Waals surface area (Å²) in [5.74, 6) is -0.366. The number of halogens is 1. The zero-order valence-electron chi connectivity index (χ0n) is 26.2. The number of fused-ring (bicyclic) bond motifs is 1. The lowest BCUT2D eigenvalue weighted by Crippen LogP contribution is -2.49. The molecule has 2 aliphatic heterocycles. The zero-order chi connectivity index (χ0) is 32.3. The van der Waals surface area contributed by atoms with Gasteiger partial charge in [-0.1, -0.05) is 32.1 Å². The van der Waals surface area contributed by atoms with Gasteiger partial charge in [-0.3, -0.25) is 18.8 Å². The first-order valence-electron chi connectivity index (χ1n) is 16.8. The minimum Gasteiger partial charge on any atom is -0.379 e. The van der Waals surface area contributed by atoms with Crippen LogP contribution < -0.4 is 10.0 Å². The molecule has 0 unspecified atom stereocenters. The summed E-state index contributed by atoms with van der Waals surface area (Å²) in [7, 11) is -4.01. The monoisotopic (exact) mass is 658 g/mol. The Balaban J connectivity index is 1.16. The number of nitrogens with one attached hydrogen (secondary N) is 3. The number of benzene rings is 1. The molecule has 2 saturated heterocycles. The smallest absolute Gasteiger partial charge is 0.304 e. The fourth-order valence-electron chi connectivity index (χ4n) is 7.99. The summed E-state index contributed by atoms with van der Waals surface area (Å²) >= 11 is 0. The van der Waals surface area contributed by atoms with Gasteiger partial charge in [-0.15, -0.1) is 0 Å². The molecular formula is C33H45FN5O6S. The Bertz CT molecular complexity index is 1510. The molecule has 1 aromatic heterocycles. The molecule has 13 heteroatoms. The maximum atomic E-state index is 14.1. The maximum absolute atomic E-state index is 14.1. The van der Waals surface area contributed by atoms with E-state index in [-0.39, 0.29) is 61.6 Å². The largest absolute Gasteiger partial charge is 0.379 e. The van der Waals surface area contributed by atoms with Crippen LogP contribution in [0, 0.1) is 30.1 Å².